The summed E-state index contributed by atoms with van der Waals surface area (Å²) in [6, 6.07) is 9.35. The first-order valence-corrected chi connectivity index (χ1v) is 7.03. The molecule has 0 spiro atoms. The zero-order chi connectivity index (χ0) is 15.2. The lowest BCUT2D eigenvalue weighted by Crippen LogP contribution is -2.13. The fraction of sp³-hybridized carbons (Fsp3) is 0.294. The van der Waals surface area contributed by atoms with Gasteiger partial charge in [-0.15, -0.1) is 0 Å². The van der Waals surface area contributed by atoms with E-state index in [1.807, 2.05) is 25.1 Å². The van der Waals surface area contributed by atoms with E-state index in [9.17, 15) is 8.78 Å². The summed E-state index contributed by atoms with van der Waals surface area (Å²) < 4.78 is 31.6. The van der Waals surface area contributed by atoms with Gasteiger partial charge in [0.25, 0.3) is 0 Å². The van der Waals surface area contributed by atoms with Crippen molar-refractivity contribution in [1.29, 1.82) is 0 Å². The summed E-state index contributed by atoms with van der Waals surface area (Å²) in [7, 11) is 0. The Labute approximate surface area is 123 Å². The van der Waals surface area contributed by atoms with Gasteiger partial charge in [-0.3, -0.25) is 0 Å². The van der Waals surface area contributed by atoms with Crippen LogP contribution in [0.5, 0.6) is 11.5 Å². The Morgan fingerprint density at radius 2 is 1.86 bits per heavy atom. The lowest BCUT2D eigenvalue weighted by molar-refractivity contribution is 0.459. The molecule has 0 saturated heterocycles. The molecule has 0 amide bonds. The fourth-order valence-corrected chi connectivity index (χ4v) is 2.01. The van der Waals surface area contributed by atoms with Crippen LogP contribution in [0.4, 0.5) is 8.78 Å². The van der Waals surface area contributed by atoms with Gasteiger partial charge in [-0.1, -0.05) is 19.1 Å². The third kappa shape index (κ3) is 4.26. The van der Waals surface area contributed by atoms with Crippen LogP contribution in [0, 0.1) is 18.6 Å². The van der Waals surface area contributed by atoms with Crippen LogP contribution in [0.15, 0.2) is 36.4 Å². The maximum absolute atomic E-state index is 13.2. The quantitative estimate of drug-likeness (QED) is 0.787. The zero-order valence-corrected chi connectivity index (χ0v) is 12.2. The second-order valence-electron chi connectivity index (χ2n) is 4.95. The van der Waals surface area contributed by atoms with Crippen molar-refractivity contribution in [1.82, 2.24) is 5.32 Å². The maximum Gasteiger partial charge on any atom is 0.162 e. The molecule has 2 aromatic carbocycles. The van der Waals surface area contributed by atoms with Crippen LogP contribution in [-0.4, -0.2) is 6.54 Å². The van der Waals surface area contributed by atoms with E-state index in [-0.39, 0.29) is 5.75 Å². The number of nitrogens with one attached hydrogen (secondary N) is 1. The van der Waals surface area contributed by atoms with Crippen LogP contribution in [0.1, 0.15) is 24.5 Å². The van der Waals surface area contributed by atoms with E-state index in [0.29, 0.717) is 5.75 Å². The van der Waals surface area contributed by atoms with Gasteiger partial charge in [-0.05, 0) is 49.2 Å². The molecule has 0 radical (unpaired) electrons. The molecule has 0 unspecified atom stereocenters. The first-order chi connectivity index (χ1) is 10.1. The topological polar surface area (TPSA) is 21.3 Å². The Hall–Kier alpha value is -1.94. The molecule has 2 aromatic rings. The molecule has 2 rings (SSSR count). The highest BCUT2D eigenvalue weighted by Gasteiger charge is 2.06. The van der Waals surface area contributed by atoms with Gasteiger partial charge in [0.15, 0.2) is 11.6 Å². The minimum atomic E-state index is -0.912. The summed E-state index contributed by atoms with van der Waals surface area (Å²) in [6.07, 6.45) is 1.09. The van der Waals surface area contributed by atoms with E-state index in [1.54, 1.807) is 0 Å². The van der Waals surface area contributed by atoms with Gasteiger partial charge in [-0.2, -0.15) is 0 Å². The average molecular weight is 291 g/mol. The smallest absolute Gasteiger partial charge is 0.162 e. The Kier molecular flexibility index (Phi) is 5.28. The van der Waals surface area contributed by atoms with Gasteiger partial charge >= 0.3 is 0 Å². The molecule has 112 valence electrons. The van der Waals surface area contributed by atoms with Gasteiger partial charge in [0, 0.05) is 12.6 Å². The predicted octanol–water partition coefficient (Wildman–Crippen LogP) is 4.57. The molecule has 2 nitrogen and oxygen atoms in total. The molecule has 0 heterocycles. The van der Waals surface area contributed by atoms with E-state index in [4.69, 9.17) is 4.74 Å². The molecular formula is C17H19F2NO. The van der Waals surface area contributed by atoms with Crippen LogP contribution >= 0.6 is 0 Å². The molecule has 4 heteroatoms. The Balaban J connectivity index is 2.08. The number of hydrogen-bond acceptors (Lipinski definition) is 2. The van der Waals surface area contributed by atoms with Crippen molar-refractivity contribution in [3.8, 4) is 11.5 Å². The van der Waals surface area contributed by atoms with E-state index in [0.717, 1.165) is 37.2 Å². The number of ether oxygens (including phenoxy) is 1. The normalized spacial score (nSPS) is 10.7. The predicted molar refractivity (Wildman–Crippen MR) is 79.6 cm³/mol. The molecule has 0 atom stereocenters. The number of rotatable bonds is 6. The van der Waals surface area contributed by atoms with Crippen LogP contribution in [0.3, 0.4) is 0 Å². The molecule has 0 aliphatic carbocycles. The summed E-state index contributed by atoms with van der Waals surface area (Å²) in [5.74, 6) is -0.865. The van der Waals surface area contributed by atoms with Crippen molar-refractivity contribution in [3.63, 3.8) is 0 Å². The summed E-state index contributed by atoms with van der Waals surface area (Å²) in [4.78, 5) is 0. The summed E-state index contributed by atoms with van der Waals surface area (Å²) in [6.45, 7) is 5.84. The van der Waals surface area contributed by atoms with Gasteiger partial charge in [0.1, 0.15) is 11.5 Å². The SMILES string of the molecule is CCCNCc1ccc(Oc2ccc(F)c(F)c2)c(C)c1. The Bertz CT molecular complexity index is 614. The van der Waals surface area contributed by atoms with E-state index in [1.165, 1.54) is 11.6 Å². The van der Waals surface area contributed by atoms with Crippen LogP contribution in [-0.2, 0) is 6.54 Å². The van der Waals surface area contributed by atoms with Crippen molar-refractivity contribution < 1.29 is 13.5 Å². The minimum absolute atomic E-state index is 0.286. The van der Waals surface area contributed by atoms with Crippen molar-refractivity contribution in [3.05, 3.63) is 59.2 Å². The largest absolute Gasteiger partial charge is 0.457 e. The highest BCUT2D eigenvalue weighted by atomic mass is 19.2. The molecule has 0 bridgehead atoms. The lowest BCUT2D eigenvalue weighted by atomic mass is 10.1. The van der Waals surface area contributed by atoms with Gasteiger partial charge < -0.3 is 10.1 Å². The summed E-state index contributed by atoms with van der Waals surface area (Å²) >= 11 is 0. The highest BCUT2D eigenvalue weighted by Crippen LogP contribution is 2.26. The molecule has 0 aliphatic heterocycles. The third-order valence-electron chi connectivity index (χ3n) is 3.11. The van der Waals surface area contributed by atoms with Crippen molar-refractivity contribution in [2.75, 3.05) is 6.54 Å². The molecule has 0 aromatic heterocycles. The van der Waals surface area contributed by atoms with Gasteiger partial charge in [-0.25, -0.2) is 8.78 Å². The van der Waals surface area contributed by atoms with Crippen LogP contribution < -0.4 is 10.1 Å². The average Bonchev–Trinajstić information content (AvgIpc) is 2.46. The van der Waals surface area contributed by atoms with E-state index < -0.39 is 11.6 Å². The van der Waals surface area contributed by atoms with Crippen molar-refractivity contribution in [2.45, 2.75) is 26.8 Å². The second-order valence-corrected chi connectivity index (χ2v) is 4.95. The zero-order valence-electron chi connectivity index (χ0n) is 12.2. The molecule has 21 heavy (non-hydrogen) atoms. The van der Waals surface area contributed by atoms with Crippen molar-refractivity contribution in [2.24, 2.45) is 0 Å². The first-order valence-electron chi connectivity index (χ1n) is 7.03. The standard InChI is InChI=1S/C17H19F2NO/c1-3-8-20-11-13-4-7-17(12(2)9-13)21-14-5-6-15(18)16(19)10-14/h4-7,9-10,20H,3,8,11H2,1-2H3. The van der Waals surface area contributed by atoms with Crippen LogP contribution in [0.2, 0.25) is 0 Å². The van der Waals surface area contributed by atoms with E-state index in [2.05, 4.69) is 12.2 Å². The number of halogens is 2. The Morgan fingerprint density at radius 1 is 1.05 bits per heavy atom. The molecular weight excluding hydrogens is 272 g/mol. The number of benzene rings is 2. The second kappa shape index (κ2) is 7.18. The van der Waals surface area contributed by atoms with E-state index >= 15 is 0 Å². The molecule has 0 saturated carbocycles. The number of aryl methyl sites for hydroxylation is 1. The van der Waals surface area contributed by atoms with Gasteiger partial charge in [0.2, 0.25) is 0 Å². The fourth-order valence-electron chi connectivity index (χ4n) is 2.01. The molecule has 0 aliphatic rings. The maximum atomic E-state index is 13.2. The van der Waals surface area contributed by atoms with Crippen LogP contribution in [0.25, 0.3) is 0 Å². The minimum Gasteiger partial charge on any atom is -0.457 e. The Morgan fingerprint density at radius 3 is 2.52 bits per heavy atom. The lowest BCUT2D eigenvalue weighted by Gasteiger charge is -2.11. The molecule has 1 N–H and O–H groups in total. The van der Waals surface area contributed by atoms with Gasteiger partial charge in [0.05, 0.1) is 0 Å². The first kappa shape index (κ1) is 15.4. The molecule has 0 fully saturated rings. The highest BCUT2D eigenvalue weighted by molar-refractivity contribution is 5.39. The summed E-state index contributed by atoms with van der Waals surface area (Å²) in [5.41, 5.74) is 2.12. The monoisotopic (exact) mass is 291 g/mol. The van der Waals surface area contributed by atoms with Crippen molar-refractivity contribution >= 4 is 0 Å². The number of hydrogen-bond donors (Lipinski definition) is 1. The summed E-state index contributed by atoms with van der Waals surface area (Å²) in [5, 5.41) is 3.33. The third-order valence-corrected chi connectivity index (χ3v) is 3.11.